The van der Waals surface area contributed by atoms with E-state index in [2.05, 4.69) is 5.32 Å². The molecule has 0 atom stereocenters. The van der Waals surface area contributed by atoms with Gasteiger partial charge in [-0.1, -0.05) is 6.07 Å². The van der Waals surface area contributed by atoms with Crippen molar-refractivity contribution in [3.8, 4) is 11.5 Å². The molecule has 0 saturated heterocycles. The average Bonchev–Trinajstić information content (AvgIpc) is 2.47. The van der Waals surface area contributed by atoms with E-state index in [4.69, 9.17) is 15.2 Å². The van der Waals surface area contributed by atoms with Gasteiger partial charge in [-0.15, -0.1) is 0 Å². The molecule has 2 rings (SSSR count). The highest BCUT2D eigenvalue weighted by molar-refractivity contribution is 6.07. The fraction of sp³-hybridized carbons (Fsp3) is 0.188. The van der Waals surface area contributed by atoms with Crippen LogP contribution in [0.5, 0.6) is 11.5 Å². The molecule has 0 bridgehead atoms. The van der Waals surface area contributed by atoms with Crippen LogP contribution in [0.2, 0.25) is 0 Å². The maximum atomic E-state index is 12.4. The number of rotatable bonds is 4. The molecule has 1 amide bonds. The molecule has 0 aliphatic carbocycles. The van der Waals surface area contributed by atoms with Crippen LogP contribution in [0.1, 0.15) is 15.9 Å². The number of nitrogens with two attached hydrogens (primary N) is 1. The summed E-state index contributed by atoms with van der Waals surface area (Å²) < 4.78 is 10.4. The second-order valence-corrected chi connectivity index (χ2v) is 4.62. The molecule has 3 N–H and O–H groups in total. The lowest BCUT2D eigenvalue weighted by atomic mass is 10.1. The molecule has 21 heavy (non-hydrogen) atoms. The lowest BCUT2D eigenvalue weighted by molar-refractivity contribution is 0.102. The van der Waals surface area contributed by atoms with Gasteiger partial charge in [0.25, 0.3) is 5.91 Å². The Morgan fingerprint density at radius 3 is 2.43 bits per heavy atom. The third-order valence-electron chi connectivity index (χ3n) is 3.07. The van der Waals surface area contributed by atoms with Crippen molar-refractivity contribution in [3.63, 3.8) is 0 Å². The Kier molecular flexibility index (Phi) is 4.33. The maximum Gasteiger partial charge on any atom is 0.259 e. The molecule has 5 heteroatoms. The largest absolute Gasteiger partial charge is 0.496 e. The van der Waals surface area contributed by atoms with Crippen molar-refractivity contribution < 1.29 is 14.3 Å². The molecular formula is C16H18N2O3. The number of nitrogens with one attached hydrogen (secondary N) is 1. The minimum Gasteiger partial charge on any atom is -0.496 e. The van der Waals surface area contributed by atoms with Crippen LogP contribution in [-0.4, -0.2) is 20.1 Å². The Bertz CT molecular complexity index is 669. The van der Waals surface area contributed by atoms with Gasteiger partial charge in [0.1, 0.15) is 11.5 Å². The van der Waals surface area contributed by atoms with Crippen molar-refractivity contribution in [3.05, 3.63) is 47.5 Å². The van der Waals surface area contributed by atoms with E-state index in [1.54, 1.807) is 25.3 Å². The maximum absolute atomic E-state index is 12.4. The van der Waals surface area contributed by atoms with E-state index in [9.17, 15) is 4.79 Å². The Hall–Kier alpha value is -2.69. The fourth-order valence-electron chi connectivity index (χ4n) is 2.00. The quantitative estimate of drug-likeness (QED) is 0.848. The molecule has 0 aromatic heterocycles. The Balaban J connectivity index is 2.32. The Labute approximate surface area is 123 Å². The van der Waals surface area contributed by atoms with Crippen molar-refractivity contribution in [2.24, 2.45) is 0 Å². The highest BCUT2D eigenvalue weighted by atomic mass is 16.5. The average molecular weight is 286 g/mol. The molecule has 0 heterocycles. The number of amides is 1. The van der Waals surface area contributed by atoms with Crippen molar-refractivity contribution in [1.29, 1.82) is 0 Å². The van der Waals surface area contributed by atoms with Crippen LogP contribution in [0.4, 0.5) is 11.4 Å². The van der Waals surface area contributed by atoms with Crippen LogP contribution in [0.15, 0.2) is 36.4 Å². The summed E-state index contributed by atoms with van der Waals surface area (Å²) in [4.78, 5) is 12.4. The zero-order valence-electron chi connectivity index (χ0n) is 12.3. The summed E-state index contributed by atoms with van der Waals surface area (Å²) >= 11 is 0. The molecule has 2 aromatic rings. The van der Waals surface area contributed by atoms with Crippen LogP contribution in [0, 0.1) is 6.92 Å². The second kappa shape index (κ2) is 6.17. The summed E-state index contributed by atoms with van der Waals surface area (Å²) in [6, 6.07) is 10.5. The monoisotopic (exact) mass is 286 g/mol. The van der Waals surface area contributed by atoms with Gasteiger partial charge in [0.05, 0.1) is 25.5 Å². The van der Waals surface area contributed by atoms with Gasteiger partial charge in [0, 0.05) is 11.8 Å². The van der Waals surface area contributed by atoms with E-state index in [0.29, 0.717) is 28.4 Å². The molecule has 0 spiro atoms. The first-order chi connectivity index (χ1) is 10.0. The summed E-state index contributed by atoms with van der Waals surface area (Å²) in [6.07, 6.45) is 0. The standard InChI is InChI=1S/C16H18N2O3/c1-10-4-7-14(20-2)13(8-10)18-16(19)12-6-5-11(17)9-15(12)21-3/h4-9H,17H2,1-3H3,(H,18,19). The Morgan fingerprint density at radius 2 is 1.76 bits per heavy atom. The molecule has 0 aliphatic heterocycles. The van der Waals surface area contributed by atoms with E-state index in [1.165, 1.54) is 7.11 Å². The first kappa shape index (κ1) is 14.7. The first-order valence-corrected chi connectivity index (χ1v) is 6.44. The van der Waals surface area contributed by atoms with Crippen molar-refractivity contribution in [2.75, 3.05) is 25.3 Å². The number of anilines is 2. The van der Waals surface area contributed by atoms with E-state index in [0.717, 1.165) is 5.56 Å². The molecule has 0 radical (unpaired) electrons. The number of aryl methyl sites for hydroxylation is 1. The SMILES string of the molecule is COc1ccc(C)cc1NC(=O)c1ccc(N)cc1OC. The van der Waals surface area contributed by atoms with Gasteiger partial charge in [0.2, 0.25) is 0 Å². The topological polar surface area (TPSA) is 73.6 Å². The number of nitrogen functional groups attached to an aromatic ring is 1. The van der Waals surface area contributed by atoms with Gasteiger partial charge in [-0.3, -0.25) is 4.79 Å². The number of hydrogen-bond donors (Lipinski definition) is 2. The summed E-state index contributed by atoms with van der Waals surface area (Å²) in [7, 11) is 3.06. The summed E-state index contributed by atoms with van der Waals surface area (Å²) in [5.41, 5.74) is 8.28. The summed E-state index contributed by atoms with van der Waals surface area (Å²) in [5.74, 6) is 0.748. The van der Waals surface area contributed by atoms with Crippen LogP contribution in [0.3, 0.4) is 0 Å². The number of carbonyl (C=O) groups is 1. The fourth-order valence-corrected chi connectivity index (χ4v) is 2.00. The van der Waals surface area contributed by atoms with E-state index in [1.807, 2.05) is 25.1 Å². The molecule has 0 saturated carbocycles. The van der Waals surface area contributed by atoms with Crippen LogP contribution >= 0.6 is 0 Å². The number of ether oxygens (including phenoxy) is 2. The summed E-state index contributed by atoms with van der Waals surface area (Å²) in [6.45, 7) is 1.94. The normalized spacial score (nSPS) is 10.0. The molecule has 0 unspecified atom stereocenters. The van der Waals surface area contributed by atoms with Gasteiger partial charge in [0.15, 0.2) is 0 Å². The highest BCUT2D eigenvalue weighted by Crippen LogP contribution is 2.28. The molecular weight excluding hydrogens is 268 g/mol. The summed E-state index contributed by atoms with van der Waals surface area (Å²) in [5, 5.41) is 2.83. The van der Waals surface area contributed by atoms with Gasteiger partial charge in [-0.2, -0.15) is 0 Å². The molecule has 110 valence electrons. The lowest BCUT2D eigenvalue weighted by Crippen LogP contribution is -2.14. The van der Waals surface area contributed by atoms with E-state index >= 15 is 0 Å². The molecule has 5 nitrogen and oxygen atoms in total. The third kappa shape index (κ3) is 3.25. The van der Waals surface area contributed by atoms with Gasteiger partial charge in [-0.25, -0.2) is 0 Å². The first-order valence-electron chi connectivity index (χ1n) is 6.44. The minimum atomic E-state index is -0.282. The highest BCUT2D eigenvalue weighted by Gasteiger charge is 2.14. The van der Waals surface area contributed by atoms with Gasteiger partial charge in [-0.05, 0) is 36.8 Å². The second-order valence-electron chi connectivity index (χ2n) is 4.62. The van der Waals surface area contributed by atoms with Gasteiger partial charge >= 0.3 is 0 Å². The number of carbonyl (C=O) groups excluding carboxylic acids is 1. The lowest BCUT2D eigenvalue weighted by Gasteiger charge is -2.13. The van der Waals surface area contributed by atoms with Crippen molar-refractivity contribution in [2.45, 2.75) is 6.92 Å². The third-order valence-corrected chi connectivity index (χ3v) is 3.07. The Morgan fingerprint density at radius 1 is 1.05 bits per heavy atom. The van der Waals surface area contributed by atoms with E-state index in [-0.39, 0.29) is 5.91 Å². The van der Waals surface area contributed by atoms with Crippen molar-refractivity contribution in [1.82, 2.24) is 0 Å². The minimum absolute atomic E-state index is 0.282. The van der Waals surface area contributed by atoms with Crippen LogP contribution in [0.25, 0.3) is 0 Å². The smallest absolute Gasteiger partial charge is 0.259 e. The van der Waals surface area contributed by atoms with Crippen LogP contribution < -0.4 is 20.5 Å². The van der Waals surface area contributed by atoms with Crippen molar-refractivity contribution >= 4 is 17.3 Å². The number of hydrogen-bond acceptors (Lipinski definition) is 4. The zero-order valence-corrected chi connectivity index (χ0v) is 12.3. The van der Waals surface area contributed by atoms with Crippen LogP contribution in [-0.2, 0) is 0 Å². The predicted octanol–water partition coefficient (Wildman–Crippen LogP) is 2.85. The zero-order chi connectivity index (χ0) is 15.4. The number of benzene rings is 2. The molecule has 0 aliphatic rings. The molecule has 0 fully saturated rings. The van der Waals surface area contributed by atoms with E-state index < -0.39 is 0 Å². The number of methoxy groups -OCH3 is 2. The molecule has 2 aromatic carbocycles. The van der Waals surface area contributed by atoms with Gasteiger partial charge < -0.3 is 20.5 Å². The predicted molar refractivity (Wildman–Crippen MR) is 83.1 cm³/mol.